The largest absolute Gasteiger partial charge is 0.329 e. The Kier molecular flexibility index (Phi) is 4.87. The van der Waals surface area contributed by atoms with Gasteiger partial charge in [-0.25, -0.2) is 0 Å². The number of carbonyl (C=O) groups is 2. The van der Waals surface area contributed by atoms with Crippen LogP contribution in [-0.4, -0.2) is 64.8 Å². The Morgan fingerprint density at radius 1 is 0.750 bits per heavy atom. The van der Waals surface area contributed by atoms with Gasteiger partial charge in [0.05, 0.1) is 0 Å². The van der Waals surface area contributed by atoms with Crippen molar-refractivity contribution in [2.24, 2.45) is 0 Å². The third kappa shape index (κ3) is 3.24. The van der Waals surface area contributed by atoms with Crippen molar-refractivity contribution >= 4 is 11.8 Å². The standard InChI is InChI=1S/C23H31N3O2/c27-22-20-7-4-12-25(20)23(28)21-16-24(13-14-26(21)22)15-17-8-10-19(11-9-17)18-5-2-1-3-6-18/h8-11,18,20-21H,1-7,12-16H2. The Morgan fingerprint density at radius 2 is 1.46 bits per heavy atom. The van der Waals surface area contributed by atoms with E-state index >= 15 is 0 Å². The van der Waals surface area contributed by atoms with Crippen LogP contribution in [0.15, 0.2) is 24.3 Å². The number of piperazine rings is 2. The molecule has 2 unspecified atom stereocenters. The molecule has 3 heterocycles. The molecule has 0 radical (unpaired) electrons. The van der Waals surface area contributed by atoms with Crippen molar-refractivity contribution in [3.63, 3.8) is 0 Å². The summed E-state index contributed by atoms with van der Waals surface area (Å²) in [5.74, 6) is 1.09. The number of amides is 2. The van der Waals surface area contributed by atoms with Gasteiger partial charge in [-0.1, -0.05) is 43.5 Å². The van der Waals surface area contributed by atoms with E-state index in [1.807, 2.05) is 9.80 Å². The summed E-state index contributed by atoms with van der Waals surface area (Å²) in [4.78, 5) is 31.7. The topological polar surface area (TPSA) is 43.9 Å². The second-order valence-electron chi connectivity index (χ2n) is 9.05. The van der Waals surface area contributed by atoms with Gasteiger partial charge in [-0.3, -0.25) is 14.5 Å². The molecule has 4 aliphatic rings. The Balaban J connectivity index is 1.23. The van der Waals surface area contributed by atoms with Crippen LogP contribution in [0.25, 0.3) is 0 Å². The molecule has 5 rings (SSSR count). The first-order valence-electron chi connectivity index (χ1n) is 11.1. The molecule has 3 aliphatic heterocycles. The van der Waals surface area contributed by atoms with Crippen LogP contribution >= 0.6 is 0 Å². The summed E-state index contributed by atoms with van der Waals surface area (Å²) in [5, 5.41) is 0. The quantitative estimate of drug-likeness (QED) is 0.809. The zero-order chi connectivity index (χ0) is 19.1. The number of fused-ring (bicyclic) bond motifs is 2. The van der Waals surface area contributed by atoms with Crippen molar-refractivity contribution in [2.45, 2.75) is 69.5 Å². The fourth-order valence-corrected chi connectivity index (χ4v) is 5.72. The predicted octanol–water partition coefficient (Wildman–Crippen LogP) is 2.75. The van der Waals surface area contributed by atoms with Gasteiger partial charge < -0.3 is 9.80 Å². The molecule has 5 heteroatoms. The molecule has 3 saturated heterocycles. The molecule has 2 atom stereocenters. The molecule has 28 heavy (non-hydrogen) atoms. The van der Waals surface area contributed by atoms with Crippen LogP contribution in [-0.2, 0) is 16.1 Å². The maximum Gasteiger partial charge on any atom is 0.247 e. The molecule has 2 amide bonds. The Morgan fingerprint density at radius 3 is 2.25 bits per heavy atom. The van der Waals surface area contributed by atoms with Gasteiger partial charge >= 0.3 is 0 Å². The highest BCUT2D eigenvalue weighted by atomic mass is 16.2. The SMILES string of the molecule is O=C1C2CN(Cc3ccc(C4CCCCC4)cc3)CCN2C(=O)C2CCCN12. The van der Waals surface area contributed by atoms with E-state index in [9.17, 15) is 9.59 Å². The van der Waals surface area contributed by atoms with Crippen LogP contribution in [0.4, 0.5) is 0 Å². The van der Waals surface area contributed by atoms with Crippen molar-refractivity contribution in [3.8, 4) is 0 Å². The van der Waals surface area contributed by atoms with Gasteiger partial charge in [0.25, 0.3) is 0 Å². The summed E-state index contributed by atoms with van der Waals surface area (Å²) in [6.45, 7) is 3.81. The monoisotopic (exact) mass is 381 g/mol. The highest BCUT2D eigenvalue weighted by Gasteiger charge is 2.49. The van der Waals surface area contributed by atoms with Gasteiger partial charge in [0.2, 0.25) is 11.8 Å². The van der Waals surface area contributed by atoms with Crippen LogP contribution in [0.5, 0.6) is 0 Å². The first-order valence-corrected chi connectivity index (χ1v) is 11.1. The predicted molar refractivity (Wildman–Crippen MR) is 108 cm³/mol. The number of carbonyl (C=O) groups excluding carboxylic acids is 2. The number of benzene rings is 1. The van der Waals surface area contributed by atoms with Gasteiger partial charge in [0.15, 0.2) is 0 Å². The van der Waals surface area contributed by atoms with Crippen LogP contribution < -0.4 is 0 Å². The lowest BCUT2D eigenvalue weighted by Gasteiger charge is -2.47. The Labute approximate surface area is 167 Å². The molecule has 5 nitrogen and oxygen atoms in total. The zero-order valence-electron chi connectivity index (χ0n) is 16.7. The lowest BCUT2D eigenvalue weighted by molar-refractivity contribution is -0.163. The maximum absolute atomic E-state index is 12.9. The van der Waals surface area contributed by atoms with Gasteiger partial charge in [0, 0.05) is 32.7 Å². The summed E-state index contributed by atoms with van der Waals surface area (Å²) >= 11 is 0. The fourth-order valence-electron chi connectivity index (χ4n) is 5.72. The van der Waals surface area contributed by atoms with E-state index in [0.29, 0.717) is 13.1 Å². The minimum absolute atomic E-state index is 0.166. The number of hydrogen-bond acceptors (Lipinski definition) is 3. The number of nitrogens with zero attached hydrogens (tertiary/aromatic N) is 3. The summed E-state index contributed by atoms with van der Waals surface area (Å²) in [5.41, 5.74) is 2.79. The molecule has 0 bridgehead atoms. The molecular formula is C23H31N3O2. The Bertz CT molecular complexity index is 741. The van der Waals surface area contributed by atoms with Gasteiger partial charge in [-0.2, -0.15) is 0 Å². The molecule has 0 aromatic heterocycles. The van der Waals surface area contributed by atoms with Gasteiger partial charge in [-0.05, 0) is 42.7 Å². The second kappa shape index (κ2) is 7.51. The van der Waals surface area contributed by atoms with Crippen LogP contribution in [0.2, 0.25) is 0 Å². The van der Waals surface area contributed by atoms with Gasteiger partial charge in [-0.15, -0.1) is 0 Å². The van der Waals surface area contributed by atoms with Crippen molar-refractivity contribution in [1.82, 2.24) is 14.7 Å². The normalized spacial score (nSPS) is 29.1. The smallest absolute Gasteiger partial charge is 0.247 e. The average Bonchev–Trinajstić information content (AvgIpc) is 3.24. The van der Waals surface area contributed by atoms with E-state index in [2.05, 4.69) is 29.2 Å². The molecule has 0 N–H and O–H groups in total. The van der Waals surface area contributed by atoms with Crippen molar-refractivity contribution in [1.29, 1.82) is 0 Å². The third-order valence-electron chi connectivity index (χ3n) is 7.32. The van der Waals surface area contributed by atoms with Crippen molar-refractivity contribution in [2.75, 3.05) is 26.2 Å². The molecular weight excluding hydrogens is 350 g/mol. The van der Waals surface area contributed by atoms with E-state index in [-0.39, 0.29) is 23.9 Å². The minimum Gasteiger partial charge on any atom is -0.329 e. The number of rotatable bonds is 3. The maximum atomic E-state index is 12.9. The molecule has 1 aliphatic carbocycles. The average molecular weight is 382 g/mol. The molecule has 0 spiro atoms. The molecule has 1 aromatic rings. The van der Waals surface area contributed by atoms with Crippen LogP contribution in [0.3, 0.4) is 0 Å². The lowest BCUT2D eigenvalue weighted by atomic mass is 9.84. The summed E-state index contributed by atoms with van der Waals surface area (Å²) in [6, 6.07) is 8.69. The van der Waals surface area contributed by atoms with E-state index < -0.39 is 0 Å². The zero-order valence-corrected chi connectivity index (χ0v) is 16.7. The fraction of sp³-hybridized carbons (Fsp3) is 0.652. The third-order valence-corrected chi connectivity index (χ3v) is 7.32. The van der Waals surface area contributed by atoms with E-state index in [4.69, 9.17) is 0 Å². The van der Waals surface area contributed by atoms with Crippen molar-refractivity contribution < 1.29 is 9.59 Å². The van der Waals surface area contributed by atoms with Crippen LogP contribution in [0.1, 0.15) is 62.0 Å². The first kappa shape index (κ1) is 18.2. The minimum atomic E-state index is -0.280. The van der Waals surface area contributed by atoms with E-state index in [1.54, 1.807) is 0 Å². The highest BCUT2D eigenvalue weighted by Crippen LogP contribution is 2.33. The Hall–Kier alpha value is -1.88. The molecule has 1 aromatic carbocycles. The molecule has 4 fully saturated rings. The summed E-state index contributed by atoms with van der Waals surface area (Å²) < 4.78 is 0. The molecule has 150 valence electrons. The summed E-state index contributed by atoms with van der Waals surface area (Å²) in [6.07, 6.45) is 8.57. The van der Waals surface area contributed by atoms with Crippen LogP contribution in [0, 0.1) is 0 Å². The first-order chi connectivity index (χ1) is 13.7. The summed E-state index contributed by atoms with van der Waals surface area (Å²) in [7, 11) is 0. The van der Waals surface area contributed by atoms with Gasteiger partial charge in [0.1, 0.15) is 12.1 Å². The number of hydrogen-bond donors (Lipinski definition) is 0. The lowest BCUT2D eigenvalue weighted by Crippen LogP contribution is -2.68. The van der Waals surface area contributed by atoms with Crippen molar-refractivity contribution in [3.05, 3.63) is 35.4 Å². The molecule has 1 saturated carbocycles. The van der Waals surface area contributed by atoms with E-state index in [0.717, 1.165) is 38.4 Å². The second-order valence-corrected chi connectivity index (χ2v) is 9.05. The highest BCUT2D eigenvalue weighted by molar-refractivity contribution is 5.97. The van der Waals surface area contributed by atoms with E-state index in [1.165, 1.54) is 43.2 Å².